The Hall–Kier alpha value is -2.26. The van der Waals surface area contributed by atoms with Crippen molar-refractivity contribution in [2.45, 2.75) is 13.5 Å². The summed E-state index contributed by atoms with van der Waals surface area (Å²) in [6.07, 6.45) is 1.98. The summed E-state index contributed by atoms with van der Waals surface area (Å²) in [6.45, 7) is 10.0. The van der Waals surface area contributed by atoms with E-state index in [9.17, 15) is 0 Å². The Bertz CT molecular complexity index is 734. The highest BCUT2D eigenvalue weighted by Crippen LogP contribution is 2.21. The fraction of sp³-hybridized carbons (Fsp3) is 0.647. The summed E-state index contributed by atoms with van der Waals surface area (Å²) in [5, 5.41) is 8.19. The van der Waals surface area contributed by atoms with Crippen LogP contribution in [-0.4, -0.2) is 82.3 Å². The predicted molar refractivity (Wildman–Crippen MR) is 98.3 cm³/mol. The van der Waals surface area contributed by atoms with E-state index in [0.29, 0.717) is 0 Å². The molecule has 26 heavy (non-hydrogen) atoms. The Morgan fingerprint density at radius 1 is 0.962 bits per heavy atom. The quantitative estimate of drug-likeness (QED) is 0.760. The summed E-state index contributed by atoms with van der Waals surface area (Å²) in [6, 6.07) is 2.12. The fourth-order valence-electron chi connectivity index (χ4n) is 3.48. The van der Waals surface area contributed by atoms with Gasteiger partial charge in [-0.05, 0) is 6.92 Å². The van der Waals surface area contributed by atoms with Crippen LogP contribution in [0.5, 0.6) is 0 Å². The molecule has 0 N–H and O–H groups in total. The van der Waals surface area contributed by atoms with Crippen molar-refractivity contribution in [3.63, 3.8) is 0 Å². The topological polar surface area (TPSA) is 75.4 Å². The molecule has 2 saturated heterocycles. The number of piperazine rings is 1. The van der Waals surface area contributed by atoms with Crippen LogP contribution >= 0.6 is 0 Å². The Labute approximate surface area is 153 Å². The molecule has 0 bridgehead atoms. The number of nitrogens with zero attached hydrogens (tertiary/aromatic N) is 8. The Balaban J connectivity index is 1.39. The predicted octanol–water partition coefficient (Wildman–Crippen LogP) is 0.0723. The normalized spacial score (nSPS) is 19.2. The van der Waals surface area contributed by atoms with Crippen LogP contribution in [0.25, 0.3) is 0 Å². The zero-order valence-electron chi connectivity index (χ0n) is 15.5. The van der Waals surface area contributed by atoms with E-state index in [1.165, 1.54) is 0 Å². The van der Waals surface area contributed by atoms with E-state index in [1.54, 1.807) is 4.68 Å². The third kappa shape index (κ3) is 3.94. The first-order valence-electron chi connectivity index (χ1n) is 9.18. The van der Waals surface area contributed by atoms with E-state index < -0.39 is 0 Å². The summed E-state index contributed by atoms with van der Waals surface area (Å²) in [4.78, 5) is 16.4. The molecule has 9 heteroatoms. The maximum Gasteiger partial charge on any atom is 0.134 e. The summed E-state index contributed by atoms with van der Waals surface area (Å²) in [7, 11) is 1.90. The highest BCUT2D eigenvalue weighted by Gasteiger charge is 2.21. The van der Waals surface area contributed by atoms with E-state index in [0.717, 1.165) is 82.2 Å². The van der Waals surface area contributed by atoms with E-state index in [1.807, 2.05) is 20.2 Å². The maximum absolute atomic E-state index is 5.45. The second-order valence-electron chi connectivity index (χ2n) is 6.88. The minimum Gasteiger partial charge on any atom is -0.378 e. The second-order valence-corrected chi connectivity index (χ2v) is 6.88. The number of aromatic nitrogens is 5. The monoisotopic (exact) mass is 358 g/mol. The molecule has 2 aromatic heterocycles. The molecule has 0 spiro atoms. The average molecular weight is 358 g/mol. The Morgan fingerprint density at radius 3 is 2.23 bits per heavy atom. The number of hydrogen-bond donors (Lipinski definition) is 0. The number of morpholine rings is 1. The van der Waals surface area contributed by atoms with Crippen molar-refractivity contribution in [1.82, 2.24) is 29.9 Å². The molecule has 0 saturated carbocycles. The third-order valence-electron chi connectivity index (χ3n) is 4.88. The number of anilines is 2. The van der Waals surface area contributed by atoms with Crippen molar-refractivity contribution in [1.29, 1.82) is 0 Å². The van der Waals surface area contributed by atoms with Crippen LogP contribution in [0.4, 0.5) is 11.6 Å². The van der Waals surface area contributed by atoms with E-state index in [-0.39, 0.29) is 0 Å². The van der Waals surface area contributed by atoms with Crippen LogP contribution in [0.2, 0.25) is 0 Å². The zero-order chi connectivity index (χ0) is 17.9. The molecule has 2 fully saturated rings. The summed E-state index contributed by atoms with van der Waals surface area (Å²) < 4.78 is 7.20. The molecule has 9 nitrogen and oxygen atoms in total. The van der Waals surface area contributed by atoms with Gasteiger partial charge in [-0.1, -0.05) is 5.21 Å². The molecular weight excluding hydrogens is 332 g/mol. The van der Waals surface area contributed by atoms with Gasteiger partial charge in [-0.2, -0.15) is 0 Å². The van der Waals surface area contributed by atoms with Crippen molar-refractivity contribution in [2.75, 3.05) is 62.3 Å². The third-order valence-corrected chi connectivity index (χ3v) is 4.88. The highest BCUT2D eigenvalue weighted by molar-refractivity contribution is 5.51. The van der Waals surface area contributed by atoms with Crippen LogP contribution in [0.1, 0.15) is 11.5 Å². The van der Waals surface area contributed by atoms with Crippen LogP contribution in [0.3, 0.4) is 0 Å². The van der Waals surface area contributed by atoms with Crippen LogP contribution in [-0.2, 0) is 18.3 Å². The molecule has 4 heterocycles. The molecule has 2 aliphatic heterocycles. The van der Waals surface area contributed by atoms with Gasteiger partial charge in [0.15, 0.2) is 0 Å². The lowest BCUT2D eigenvalue weighted by Gasteiger charge is -2.35. The van der Waals surface area contributed by atoms with Gasteiger partial charge in [0.25, 0.3) is 0 Å². The van der Waals surface area contributed by atoms with Crippen LogP contribution in [0, 0.1) is 6.92 Å². The minimum atomic E-state index is 0.763. The lowest BCUT2D eigenvalue weighted by molar-refractivity contribution is 0.122. The molecule has 4 rings (SSSR count). The first-order valence-corrected chi connectivity index (χ1v) is 9.18. The Morgan fingerprint density at radius 2 is 1.62 bits per heavy atom. The van der Waals surface area contributed by atoms with Gasteiger partial charge in [-0.25, -0.2) is 9.97 Å². The molecule has 0 amide bonds. The summed E-state index contributed by atoms with van der Waals surface area (Å²) >= 11 is 0. The number of aryl methyl sites for hydroxylation is 2. The lowest BCUT2D eigenvalue weighted by Crippen LogP contribution is -2.46. The van der Waals surface area contributed by atoms with Gasteiger partial charge in [-0.15, -0.1) is 5.10 Å². The van der Waals surface area contributed by atoms with Crippen molar-refractivity contribution < 1.29 is 4.74 Å². The van der Waals surface area contributed by atoms with Gasteiger partial charge in [0.2, 0.25) is 0 Å². The lowest BCUT2D eigenvalue weighted by atomic mass is 10.3. The number of rotatable bonds is 4. The molecule has 140 valence electrons. The van der Waals surface area contributed by atoms with Crippen LogP contribution in [0.15, 0.2) is 12.3 Å². The van der Waals surface area contributed by atoms with E-state index in [2.05, 4.69) is 41.0 Å². The average Bonchev–Trinajstić information content (AvgIpc) is 3.07. The zero-order valence-corrected chi connectivity index (χ0v) is 15.5. The Kier molecular flexibility index (Phi) is 4.98. The van der Waals surface area contributed by atoms with Crippen molar-refractivity contribution >= 4 is 11.6 Å². The number of ether oxygens (including phenoxy) is 1. The smallest absolute Gasteiger partial charge is 0.134 e. The molecule has 0 radical (unpaired) electrons. The summed E-state index contributed by atoms with van der Waals surface area (Å²) in [5.41, 5.74) is 1.02. The van der Waals surface area contributed by atoms with Gasteiger partial charge < -0.3 is 14.5 Å². The second kappa shape index (κ2) is 7.55. The first-order chi connectivity index (χ1) is 12.7. The van der Waals surface area contributed by atoms with Crippen LogP contribution < -0.4 is 9.80 Å². The van der Waals surface area contributed by atoms with E-state index in [4.69, 9.17) is 4.74 Å². The SMILES string of the molecule is Cc1nc(N2CCOCC2)cc(N2CCN(Cc3cn(C)nn3)CC2)n1. The van der Waals surface area contributed by atoms with Crippen molar-refractivity contribution in [2.24, 2.45) is 7.05 Å². The molecule has 0 aliphatic carbocycles. The van der Waals surface area contributed by atoms with E-state index >= 15 is 0 Å². The highest BCUT2D eigenvalue weighted by atomic mass is 16.5. The van der Waals surface area contributed by atoms with Gasteiger partial charge in [0.1, 0.15) is 17.5 Å². The van der Waals surface area contributed by atoms with Gasteiger partial charge in [0, 0.05) is 65.1 Å². The summed E-state index contributed by atoms with van der Waals surface area (Å²) in [5.74, 6) is 2.86. The van der Waals surface area contributed by atoms with Gasteiger partial charge in [-0.3, -0.25) is 9.58 Å². The number of hydrogen-bond acceptors (Lipinski definition) is 8. The molecule has 0 aromatic carbocycles. The minimum absolute atomic E-state index is 0.763. The standard InChI is InChI=1S/C17H26N8O/c1-14-18-16(11-17(19-14)25-7-9-26-10-8-25)24-5-3-23(4-6-24)13-15-12-22(2)21-20-15/h11-12H,3-10,13H2,1-2H3. The largest absolute Gasteiger partial charge is 0.378 e. The fourth-order valence-corrected chi connectivity index (χ4v) is 3.48. The molecular formula is C17H26N8O. The molecule has 2 aromatic rings. The molecule has 0 unspecified atom stereocenters. The first kappa shape index (κ1) is 17.2. The maximum atomic E-state index is 5.45. The van der Waals surface area contributed by atoms with Crippen molar-refractivity contribution in [3.8, 4) is 0 Å². The molecule has 2 aliphatic rings. The molecule has 0 atom stereocenters. The van der Waals surface area contributed by atoms with Crippen molar-refractivity contribution in [3.05, 3.63) is 23.8 Å². The van der Waals surface area contributed by atoms with Gasteiger partial charge in [0.05, 0.1) is 18.9 Å². The van der Waals surface area contributed by atoms with Gasteiger partial charge >= 0.3 is 0 Å².